The van der Waals surface area contributed by atoms with Crippen LogP contribution in [0.25, 0.3) is 11.0 Å². The molecule has 2 aromatic heterocycles. The molecular formula is C22H27N5O2S. The van der Waals surface area contributed by atoms with Gasteiger partial charge in [-0.3, -0.25) is 14.2 Å². The van der Waals surface area contributed by atoms with Crippen molar-refractivity contribution in [2.24, 2.45) is 0 Å². The van der Waals surface area contributed by atoms with Gasteiger partial charge in [0.2, 0.25) is 5.91 Å². The largest absolute Gasteiger partial charge is 0.326 e. The number of benzene rings is 1. The van der Waals surface area contributed by atoms with Crippen LogP contribution in [0.4, 0.5) is 5.69 Å². The van der Waals surface area contributed by atoms with Crippen LogP contribution in [0, 0.1) is 0 Å². The lowest BCUT2D eigenvalue weighted by atomic mass is 10.0. The molecular weight excluding hydrogens is 398 g/mol. The van der Waals surface area contributed by atoms with Gasteiger partial charge < -0.3 is 5.32 Å². The Morgan fingerprint density at radius 3 is 2.60 bits per heavy atom. The number of hydrogen-bond donors (Lipinski definition) is 1. The summed E-state index contributed by atoms with van der Waals surface area (Å²) in [5, 5.41) is 8.47. The maximum Gasteiger partial charge on any atom is 0.265 e. The first-order valence-electron chi connectivity index (χ1n) is 10.2. The number of rotatable bonds is 4. The molecule has 0 fully saturated rings. The molecule has 1 unspecified atom stereocenters. The lowest BCUT2D eigenvalue weighted by molar-refractivity contribution is -0.116. The zero-order valence-corrected chi connectivity index (χ0v) is 18.8. The number of fused-ring (bicyclic) bond motifs is 2. The summed E-state index contributed by atoms with van der Waals surface area (Å²) >= 11 is 1.51. The highest BCUT2D eigenvalue weighted by atomic mass is 32.2. The molecule has 1 N–H and O–H groups in total. The Morgan fingerprint density at radius 1 is 1.27 bits per heavy atom. The third-order valence-corrected chi connectivity index (χ3v) is 6.39. The zero-order valence-electron chi connectivity index (χ0n) is 18.0. The Morgan fingerprint density at radius 2 is 1.97 bits per heavy atom. The minimum atomic E-state index is -0.270. The number of carbonyl (C=O) groups excluding carboxylic acids is 1. The van der Waals surface area contributed by atoms with Crippen molar-refractivity contribution >= 4 is 34.4 Å². The maximum absolute atomic E-state index is 13.1. The number of anilines is 1. The van der Waals surface area contributed by atoms with E-state index in [1.54, 1.807) is 15.4 Å². The molecule has 3 heterocycles. The number of thioether (sulfide) groups is 1. The predicted octanol–water partition coefficient (Wildman–Crippen LogP) is 4.15. The van der Waals surface area contributed by atoms with E-state index in [9.17, 15) is 9.59 Å². The molecule has 0 bridgehead atoms. The van der Waals surface area contributed by atoms with E-state index < -0.39 is 0 Å². The molecule has 158 valence electrons. The second kappa shape index (κ2) is 7.58. The normalized spacial score (nSPS) is 16.3. The van der Waals surface area contributed by atoms with Crippen molar-refractivity contribution in [2.75, 3.05) is 11.1 Å². The summed E-state index contributed by atoms with van der Waals surface area (Å²) in [6, 6.07) is 7.67. The molecule has 8 heteroatoms. The molecule has 1 aromatic carbocycles. The number of nitrogens with zero attached hydrogens (tertiary/aromatic N) is 4. The van der Waals surface area contributed by atoms with Gasteiger partial charge in [0.15, 0.2) is 10.8 Å². The van der Waals surface area contributed by atoms with E-state index in [2.05, 4.69) is 24.3 Å². The maximum atomic E-state index is 13.1. The van der Waals surface area contributed by atoms with E-state index >= 15 is 0 Å². The molecule has 1 aliphatic rings. The molecule has 1 aliphatic heterocycles. The van der Waals surface area contributed by atoms with Crippen LogP contribution in [0.1, 0.15) is 58.6 Å². The number of nitrogens with one attached hydrogen (secondary N) is 1. The summed E-state index contributed by atoms with van der Waals surface area (Å²) in [7, 11) is 0. The van der Waals surface area contributed by atoms with Gasteiger partial charge in [-0.2, -0.15) is 5.10 Å². The SMILES string of the molecule is CC(C)c1ccc(NC(=O)CC2CSc3nc4c(cnn4C(C)(C)C)c(=O)n32)cc1. The summed E-state index contributed by atoms with van der Waals surface area (Å²) in [4.78, 5) is 30.5. The van der Waals surface area contributed by atoms with Gasteiger partial charge in [-0.1, -0.05) is 37.7 Å². The van der Waals surface area contributed by atoms with Crippen LogP contribution in [-0.4, -0.2) is 31.0 Å². The van der Waals surface area contributed by atoms with E-state index in [0.717, 1.165) is 5.69 Å². The van der Waals surface area contributed by atoms with Gasteiger partial charge in [0.1, 0.15) is 5.39 Å². The monoisotopic (exact) mass is 425 g/mol. The smallest absolute Gasteiger partial charge is 0.265 e. The fraction of sp³-hybridized carbons (Fsp3) is 0.455. The van der Waals surface area contributed by atoms with Gasteiger partial charge >= 0.3 is 0 Å². The van der Waals surface area contributed by atoms with Gasteiger partial charge in [0, 0.05) is 17.9 Å². The lowest BCUT2D eigenvalue weighted by Crippen LogP contribution is -2.29. The van der Waals surface area contributed by atoms with Crippen molar-refractivity contribution in [2.45, 2.75) is 63.7 Å². The first kappa shape index (κ1) is 20.7. The molecule has 1 atom stereocenters. The van der Waals surface area contributed by atoms with E-state index in [-0.39, 0.29) is 29.5 Å². The topological polar surface area (TPSA) is 81.8 Å². The second-order valence-electron chi connectivity index (χ2n) is 9.03. The molecule has 4 rings (SSSR count). The summed E-state index contributed by atoms with van der Waals surface area (Å²) in [6.45, 7) is 10.4. The fourth-order valence-corrected chi connectivity index (χ4v) is 4.78. The molecule has 7 nitrogen and oxygen atoms in total. The van der Waals surface area contributed by atoms with Crippen LogP contribution in [0.5, 0.6) is 0 Å². The Hall–Kier alpha value is -2.61. The molecule has 0 radical (unpaired) electrons. The summed E-state index contributed by atoms with van der Waals surface area (Å²) in [5.74, 6) is 0.987. The standard InChI is InChI=1S/C22H27N5O2S/c1-13(2)14-6-8-15(9-7-14)24-18(28)10-16-12-30-21-25-19-17(20(29)26(16)21)11-23-27(19)22(3,4)5/h6-9,11,13,16H,10,12H2,1-5H3,(H,24,28). The Labute approximate surface area is 179 Å². The molecule has 0 aliphatic carbocycles. The van der Waals surface area contributed by atoms with Gasteiger partial charge in [0.25, 0.3) is 5.56 Å². The van der Waals surface area contributed by atoms with Crippen LogP contribution in [0.2, 0.25) is 0 Å². The van der Waals surface area contributed by atoms with Crippen LogP contribution >= 0.6 is 11.8 Å². The molecule has 1 amide bonds. The van der Waals surface area contributed by atoms with Crippen molar-refractivity contribution in [1.82, 2.24) is 19.3 Å². The van der Waals surface area contributed by atoms with E-state index in [4.69, 9.17) is 4.98 Å². The van der Waals surface area contributed by atoms with Crippen molar-refractivity contribution < 1.29 is 4.79 Å². The number of hydrogen-bond acceptors (Lipinski definition) is 5. The number of carbonyl (C=O) groups is 1. The van der Waals surface area contributed by atoms with Crippen molar-refractivity contribution in [3.63, 3.8) is 0 Å². The first-order valence-corrected chi connectivity index (χ1v) is 11.2. The van der Waals surface area contributed by atoms with Gasteiger partial charge in [0.05, 0.1) is 17.8 Å². The highest BCUT2D eigenvalue weighted by molar-refractivity contribution is 7.99. The zero-order chi connectivity index (χ0) is 21.6. The average Bonchev–Trinajstić information content (AvgIpc) is 3.27. The van der Waals surface area contributed by atoms with E-state index in [1.165, 1.54) is 17.3 Å². The minimum Gasteiger partial charge on any atom is -0.326 e. The Kier molecular flexibility index (Phi) is 5.22. The third kappa shape index (κ3) is 3.76. The molecule has 0 saturated heterocycles. The lowest BCUT2D eigenvalue weighted by Gasteiger charge is -2.20. The van der Waals surface area contributed by atoms with Crippen molar-refractivity contribution in [1.29, 1.82) is 0 Å². The van der Waals surface area contributed by atoms with Crippen molar-refractivity contribution in [3.8, 4) is 0 Å². The first-order chi connectivity index (χ1) is 14.1. The minimum absolute atomic E-state index is 0.108. The van der Waals surface area contributed by atoms with Gasteiger partial charge in [-0.25, -0.2) is 9.67 Å². The highest BCUT2D eigenvalue weighted by Crippen LogP contribution is 2.34. The predicted molar refractivity (Wildman–Crippen MR) is 120 cm³/mol. The van der Waals surface area contributed by atoms with Crippen molar-refractivity contribution in [3.05, 3.63) is 46.4 Å². The summed E-state index contributed by atoms with van der Waals surface area (Å²) in [5.41, 5.74) is 2.19. The molecule has 3 aromatic rings. The van der Waals surface area contributed by atoms with Gasteiger partial charge in [-0.15, -0.1) is 0 Å². The van der Waals surface area contributed by atoms with Gasteiger partial charge in [-0.05, 0) is 44.4 Å². The molecule has 0 spiro atoms. The number of amides is 1. The Bertz CT molecular complexity index is 1160. The number of aromatic nitrogens is 4. The van der Waals surface area contributed by atoms with E-state index in [1.807, 2.05) is 45.0 Å². The molecule has 30 heavy (non-hydrogen) atoms. The summed E-state index contributed by atoms with van der Waals surface area (Å²) in [6.07, 6.45) is 1.81. The van der Waals surface area contributed by atoms with Crippen LogP contribution in [-0.2, 0) is 10.3 Å². The van der Waals surface area contributed by atoms with E-state index in [0.29, 0.717) is 27.9 Å². The highest BCUT2D eigenvalue weighted by Gasteiger charge is 2.30. The quantitative estimate of drug-likeness (QED) is 0.635. The fourth-order valence-electron chi connectivity index (χ4n) is 3.65. The summed E-state index contributed by atoms with van der Waals surface area (Å²) < 4.78 is 3.44. The Balaban J connectivity index is 1.56. The molecule has 0 saturated carbocycles. The van der Waals surface area contributed by atoms with Crippen LogP contribution in [0.15, 0.2) is 40.4 Å². The third-order valence-electron chi connectivity index (χ3n) is 5.29. The van der Waals surface area contributed by atoms with Crippen LogP contribution in [0.3, 0.4) is 0 Å². The average molecular weight is 426 g/mol. The second-order valence-corrected chi connectivity index (χ2v) is 10.0. The van der Waals surface area contributed by atoms with Crippen LogP contribution < -0.4 is 10.9 Å².